The Kier molecular flexibility index (Phi) is 7.67. The Hall–Kier alpha value is -4.15. The average Bonchev–Trinajstić information content (AvgIpc) is 3.32. The number of carbonyl (C=O) groups excluding carboxylic acids is 2. The van der Waals surface area contributed by atoms with E-state index >= 15 is 0 Å². The number of ether oxygens (including phenoxy) is 1. The van der Waals surface area contributed by atoms with Gasteiger partial charge in [-0.2, -0.15) is 0 Å². The van der Waals surface area contributed by atoms with Crippen molar-refractivity contribution in [1.29, 1.82) is 0 Å². The van der Waals surface area contributed by atoms with Crippen molar-refractivity contribution in [3.8, 4) is 5.75 Å². The zero-order valence-electron chi connectivity index (χ0n) is 19.1. The van der Waals surface area contributed by atoms with Gasteiger partial charge in [0, 0.05) is 10.9 Å². The number of rotatable bonds is 10. The fourth-order valence-corrected chi connectivity index (χ4v) is 5.25. The third kappa shape index (κ3) is 6.49. The topological polar surface area (TPSA) is 135 Å². The molecule has 10 heteroatoms. The predicted molar refractivity (Wildman–Crippen MR) is 133 cm³/mol. The second kappa shape index (κ2) is 11.1. The Bertz CT molecular complexity index is 1420. The van der Waals surface area contributed by atoms with Gasteiger partial charge in [0.15, 0.2) is 15.6 Å². The number of para-hydroxylation sites is 1. The maximum absolute atomic E-state index is 12.9. The Balaban J connectivity index is 1.49. The summed E-state index contributed by atoms with van der Waals surface area (Å²) in [5, 5.41) is 12.2. The Labute approximate surface area is 207 Å². The van der Waals surface area contributed by atoms with Gasteiger partial charge in [0.05, 0.1) is 17.5 Å². The van der Waals surface area contributed by atoms with Gasteiger partial charge in [-0.15, -0.1) is 0 Å². The van der Waals surface area contributed by atoms with Crippen LogP contribution in [0.15, 0.2) is 89.3 Å². The van der Waals surface area contributed by atoms with E-state index in [2.05, 4.69) is 5.32 Å². The van der Waals surface area contributed by atoms with E-state index in [9.17, 15) is 18.0 Å². The lowest BCUT2D eigenvalue weighted by molar-refractivity contribution is 0.0706. The number of benzene rings is 3. The van der Waals surface area contributed by atoms with Gasteiger partial charge in [0.1, 0.15) is 17.9 Å². The van der Waals surface area contributed by atoms with Crippen LogP contribution < -0.4 is 15.5 Å². The number of fused-ring (bicyclic) bond motifs is 1. The maximum atomic E-state index is 12.9. The fraction of sp³-hybridized carbons (Fsp3) is 0.154. The Morgan fingerprint density at radius 3 is 2.31 bits per heavy atom. The molecule has 9 nitrogen and oxygen atoms in total. The number of carbonyl (C=O) groups is 2. The number of nitrogens with one attached hydrogen (secondary N) is 2. The third-order valence-electron chi connectivity index (χ3n) is 5.34. The van der Waals surface area contributed by atoms with Gasteiger partial charge < -0.3 is 14.5 Å². The van der Waals surface area contributed by atoms with Gasteiger partial charge in [-0.1, -0.05) is 48.5 Å². The molecule has 4 aromatic rings. The highest BCUT2D eigenvalue weighted by molar-refractivity contribution is 7.90. The summed E-state index contributed by atoms with van der Waals surface area (Å²) in [4.78, 5) is 24.4. The first kappa shape index (κ1) is 25.0. The average molecular weight is 509 g/mol. The van der Waals surface area contributed by atoms with Crippen molar-refractivity contribution in [2.75, 3.05) is 12.4 Å². The smallest absolute Gasteiger partial charge is 0.287 e. The summed E-state index contributed by atoms with van der Waals surface area (Å²) in [6, 6.07) is 22.5. The molecule has 2 amide bonds. The van der Waals surface area contributed by atoms with Crippen LogP contribution in [-0.2, 0) is 15.6 Å². The van der Waals surface area contributed by atoms with Gasteiger partial charge in [0.2, 0.25) is 0 Å². The molecule has 0 radical (unpaired) electrons. The van der Waals surface area contributed by atoms with Crippen LogP contribution in [-0.4, -0.2) is 43.8 Å². The highest BCUT2D eigenvalue weighted by Gasteiger charge is 2.24. The first-order valence-corrected chi connectivity index (χ1v) is 12.9. The Morgan fingerprint density at radius 1 is 0.917 bits per heavy atom. The molecular weight excluding hydrogens is 484 g/mol. The lowest BCUT2D eigenvalue weighted by Crippen LogP contribution is -2.44. The molecule has 0 spiro atoms. The highest BCUT2D eigenvalue weighted by atomic mass is 32.2. The standard InChI is InChI=1S/C26H24N2O7S/c29-25(28-31)19-10-12-22(13-11-19)34-15-21(17-36(32,33)16-18-6-2-1-3-7-18)27-26(30)24-14-20-8-4-5-9-23(20)35-24/h1-14,21,31H,15-17H2,(H,27,30)(H,28,29). The molecular formula is C26H24N2O7S. The first-order chi connectivity index (χ1) is 17.3. The maximum Gasteiger partial charge on any atom is 0.287 e. The van der Waals surface area contributed by atoms with Crippen molar-refractivity contribution in [3.63, 3.8) is 0 Å². The molecule has 0 bridgehead atoms. The summed E-state index contributed by atoms with van der Waals surface area (Å²) in [6.45, 7) is -0.147. The molecule has 3 aromatic carbocycles. The summed E-state index contributed by atoms with van der Waals surface area (Å²) in [7, 11) is -3.62. The second-order valence-corrected chi connectivity index (χ2v) is 10.2. The van der Waals surface area contributed by atoms with E-state index < -0.39 is 27.7 Å². The first-order valence-electron chi connectivity index (χ1n) is 11.0. The highest BCUT2D eigenvalue weighted by Crippen LogP contribution is 2.19. The van der Waals surface area contributed by atoms with Crippen molar-refractivity contribution in [2.45, 2.75) is 11.8 Å². The van der Waals surface area contributed by atoms with Gasteiger partial charge in [0.25, 0.3) is 11.8 Å². The van der Waals surface area contributed by atoms with Gasteiger partial charge >= 0.3 is 0 Å². The summed E-state index contributed by atoms with van der Waals surface area (Å²) in [6.07, 6.45) is 0. The van der Waals surface area contributed by atoms with E-state index in [4.69, 9.17) is 14.4 Å². The summed E-state index contributed by atoms with van der Waals surface area (Å²) >= 11 is 0. The van der Waals surface area contributed by atoms with Gasteiger partial charge in [-0.3, -0.25) is 14.8 Å². The van der Waals surface area contributed by atoms with E-state index in [-0.39, 0.29) is 29.4 Å². The summed E-state index contributed by atoms with van der Waals surface area (Å²) in [5.74, 6) is -1.38. The second-order valence-electron chi connectivity index (χ2n) is 8.14. The van der Waals surface area contributed by atoms with E-state index in [1.807, 2.05) is 6.07 Å². The van der Waals surface area contributed by atoms with Crippen molar-refractivity contribution in [3.05, 3.63) is 102 Å². The van der Waals surface area contributed by atoms with E-state index in [0.29, 0.717) is 16.9 Å². The zero-order valence-corrected chi connectivity index (χ0v) is 19.9. The number of hydrogen-bond donors (Lipinski definition) is 3. The zero-order chi connectivity index (χ0) is 25.5. The molecule has 0 saturated heterocycles. The predicted octanol–water partition coefficient (Wildman–Crippen LogP) is 3.34. The van der Waals surface area contributed by atoms with Crippen LogP contribution in [0.1, 0.15) is 26.5 Å². The monoisotopic (exact) mass is 508 g/mol. The largest absolute Gasteiger partial charge is 0.491 e. The van der Waals surface area contributed by atoms with E-state index in [0.717, 1.165) is 5.39 Å². The SMILES string of the molecule is O=C(NO)c1ccc(OCC(CS(=O)(=O)Cc2ccccc2)NC(=O)c2cc3ccccc3o2)cc1. The molecule has 186 valence electrons. The van der Waals surface area contributed by atoms with Crippen LogP contribution >= 0.6 is 0 Å². The fourth-order valence-electron chi connectivity index (χ4n) is 3.64. The van der Waals surface area contributed by atoms with Crippen molar-refractivity contribution in [2.24, 2.45) is 0 Å². The van der Waals surface area contributed by atoms with Crippen LogP contribution in [0.5, 0.6) is 5.75 Å². The number of sulfone groups is 1. The van der Waals surface area contributed by atoms with Crippen LogP contribution in [0.3, 0.4) is 0 Å². The molecule has 0 aliphatic heterocycles. The summed E-state index contributed by atoms with van der Waals surface area (Å²) < 4.78 is 37.2. The van der Waals surface area contributed by atoms with Gasteiger partial charge in [-0.05, 0) is 42.0 Å². The summed E-state index contributed by atoms with van der Waals surface area (Å²) in [5.41, 5.74) is 2.93. The van der Waals surface area contributed by atoms with Crippen molar-refractivity contribution < 1.29 is 32.4 Å². The lowest BCUT2D eigenvalue weighted by atomic mass is 10.2. The molecule has 1 aromatic heterocycles. The molecule has 36 heavy (non-hydrogen) atoms. The normalized spacial score (nSPS) is 12.1. The van der Waals surface area contributed by atoms with Crippen LogP contribution in [0.25, 0.3) is 11.0 Å². The van der Waals surface area contributed by atoms with Crippen molar-refractivity contribution >= 4 is 32.6 Å². The minimum atomic E-state index is -3.62. The Morgan fingerprint density at radius 2 is 1.61 bits per heavy atom. The van der Waals surface area contributed by atoms with Crippen LogP contribution in [0.4, 0.5) is 0 Å². The van der Waals surface area contributed by atoms with Gasteiger partial charge in [-0.25, -0.2) is 13.9 Å². The molecule has 0 fully saturated rings. The molecule has 4 rings (SSSR count). The van der Waals surface area contributed by atoms with E-state index in [1.165, 1.54) is 24.3 Å². The molecule has 1 unspecified atom stereocenters. The van der Waals surface area contributed by atoms with Crippen molar-refractivity contribution in [1.82, 2.24) is 10.8 Å². The number of hydroxylamine groups is 1. The van der Waals surface area contributed by atoms with Crippen LogP contribution in [0.2, 0.25) is 0 Å². The number of hydrogen-bond acceptors (Lipinski definition) is 7. The molecule has 1 atom stereocenters. The van der Waals surface area contributed by atoms with Crippen LogP contribution in [0, 0.1) is 0 Å². The van der Waals surface area contributed by atoms with E-state index in [1.54, 1.807) is 60.1 Å². The molecule has 0 aliphatic carbocycles. The molecule has 3 N–H and O–H groups in total. The third-order valence-corrected chi connectivity index (χ3v) is 7.02. The minimum absolute atomic E-state index is 0.0565. The molecule has 0 aliphatic rings. The minimum Gasteiger partial charge on any atom is -0.491 e. The number of furan rings is 1. The number of amides is 2. The lowest BCUT2D eigenvalue weighted by Gasteiger charge is -2.19. The quantitative estimate of drug-likeness (QED) is 0.221. The molecule has 1 heterocycles. The molecule has 0 saturated carbocycles.